The Morgan fingerprint density at radius 1 is 0.794 bits per heavy atom. The van der Waals surface area contributed by atoms with Gasteiger partial charge in [0, 0.05) is 18.4 Å². The lowest BCUT2D eigenvalue weighted by atomic mass is 9.98. The van der Waals surface area contributed by atoms with Crippen LogP contribution in [0.3, 0.4) is 0 Å². The maximum atomic E-state index is 14.9. The normalized spacial score (nSPS) is 19.5. The Kier molecular flexibility index (Phi) is 10.7. The number of nitrogens with one attached hydrogen (secondary N) is 4. The van der Waals surface area contributed by atoms with Crippen molar-refractivity contribution in [2.75, 3.05) is 25.7 Å². The van der Waals surface area contributed by atoms with Gasteiger partial charge in [-0.3, -0.25) is 14.5 Å². The van der Waals surface area contributed by atoms with E-state index in [1.807, 2.05) is 72.8 Å². The lowest BCUT2D eigenvalue weighted by Gasteiger charge is -2.29. The molecule has 4 atom stereocenters. The Bertz CT molecular complexity index is 2750. The number of aromatic amines is 2. The van der Waals surface area contributed by atoms with Crippen LogP contribution in [0.4, 0.5) is 24.1 Å². The van der Waals surface area contributed by atoms with Crippen LogP contribution in [0, 0.1) is 5.92 Å². The van der Waals surface area contributed by atoms with Gasteiger partial charge in [-0.25, -0.2) is 28.3 Å². The largest absolute Gasteiger partial charge is 0.453 e. The van der Waals surface area contributed by atoms with Gasteiger partial charge in [0.25, 0.3) is 5.92 Å². The van der Waals surface area contributed by atoms with Crippen molar-refractivity contribution in [3.8, 4) is 33.6 Å². The molecule has 3 aliphatic rings. The molecule has 0 bridgehead atoms. The Morgan fingerprint density at radius 2 is 1.40 bits per heavy atom. The standard InChI is InChI=1S/C47H46F2N8O6/c1-25(2)39(55-46(61)63-4)44(59)56-24-47(48,49)21-38(56)42-51-23-36(53-42)32-15-14-30-18-29(12-13-31(30)19-32)26-8-10-27(11-9-26)35-22-50-41(52-35)37-20-33-7-5-6-28-16-17-34(54-45(60)62-3)43(58)57(37)40(28)33/h5-15,18-19,22-23,25,34,37-39H,16-17,20-21,24H2,1-4H3,(H,50,52)(H,51,53)(H,54,60)(H,55,61). The van der Waals surface area contributed by atoms with Crippen LogP contribution in [0.15, 0.2) is 91.3 Å². The Balaban J connectivity index is 0.906. The highest BCUT2D eigenvalue weighted by Crippen LogP contribution is 2.45. The number of para-hydroxylation sites is 1. The fraction of sp³-hybridized carbons (Fsp3) is 0.319. The van der Waals surface area contributed by atoms with Gasteiger partial charge in [0.1, 0.15) is 23.7 Å². The number of aromatic nitrogens is 4. The summed E-state index contributed by atoms with van der Waals surface area (Å²) in [5.74, 6) is -3.44. The molecule has 4 amide bonds. The summed E-state index contributed by atoms with van der Waals surface area (Å²) in [4.78, 5) is 70.3. The van der Waals surface area contributed by atoms with E-state index in [4.69, 9.17) is 9.72 Å². The number of benzene rings is 4. The highest BCUT2D eigenvalue weighted by molar-refractivity contribution is 6.02. The Hall–Kier alpha value is -7.10. The number of H-pyrrole nitrogens is 2. The number of methoxy groups -OCH3 is 2. The van der Waals surface area contributed by atoms with Crippen LogP contribution >= 0.6 is 0 Å². The first-order valence-corrected chi connectivity index (χ1v) is 20.9. The van der Waals surface area contributed by atoms with Crippen LogP contribution in [-0.4, -0.2) is 87.6 Å². The van der Waals surface area contributed by atoms with Crippen molar-refractivity contribution < 1.29 is 37.4 Å². The van der Waals surface area contributed by atoms with Crippen LogP contribution in [-0.2, 0) is 31.9 Å². The van der Waals surface area contributed by atoms with Gasteiger partial charge in [-0.2, -0.15) is 0 Å². The molecular weight excluding hydrogens is 811 g/mol. The monoisotopic (exact) mass is 856 g/mol. The van der Waals surface area contributed by atoms with E-state index < -0.39 is 55.1 Å². The number of carbonyl (C=O) groups excluding carboxylic acids is 4. The van der Waals surface area contributed by atoms with E-state index in [9.17, 15) is 28.0 Å². The number of ether oxygens (including phenoxy) is 2. The molecule has 4 N–H and O–H groups in total. The molecule has 0 aliphatic carbocycles. The third kappa shape index (κ3) is 7.85. The van der Waals surface area contributed by atoms with E-state index >= 15 is 0 Å². The molecule has 6 aromatic rings. The van der Waals surface area contributed by atoms with Gasteiger partial charge in [0.15, 0.2) is 0 Å². The minimum Gasteiger partial charge on any atom is -0.453 e. The third-order valence-electron chi connectivity index (χ3n) is 12.3. The zero-order chi connectivity index (χ0) is 44.2. The number of amides is 4. The molecule has 4 aromatic carbocycles. The van der Waals surface area contributed by atoms with Gasteiger partial charge in [0.05, 0.1) is 62.3 Å². The smallest absolute Gasteiger partial charge is 0.407 e. The molecule has 9 rings (SSSR count). The van der Waals surface area contributed by atoms with Gasteiger partial charge in [-0.15, -0.1) is 0 Å². The molecule has 0 saturated carbocycles. The van der Waals surface area contributed by atoms with Crippen LogP contribution in [0.1, 0.15) is 61.5 Å². The van der Waals surface area contributed by atoms with E-state index in [1.54, 1.807) is 31.1 Å². The van der Waals surface area contributed by atoms with Gasteiger partial charge >= 0.3 is 12.2 Å². The number of likely N-dealkylation sites (tertiary alicyclic amines) is 1. The van der Waals surface area contributed by atoms with Crippen molar-refractivity contribution >= 4 is 40.5 Å². The molecule has 2 aromatic heterocycles. The molecule has 0 spiro atoms. The highest BCUT2D eigenvalue weighted by atomic mass is 19.3. The zero-order valence-electron chi connectivity index (χ0n) is 35.1. The van der Waals surface area contributed by atoms with Crippen LogP contribution in [0.25, 0.3) is 44.4 Å². The van der Waals surface area contributed by atoms with Gasteiger partial charge < -0.3 is 35.0 Å². The summed E-state index contributed by atoms with van der Waals surface area (Å²) in [5.41, 5.74) is 8.20. The quantitative estimate of drug-likeness (QED) is 0.114. The second-order valence-corrected chi connectivity index (χ2v) is 16.7. The average Bonchev–Trinajstić information content (AvgIpc) is 4.10. The summed E-state index contributed by atoms with van der Waals surface area (Å²) in [6.07, 6.45) is 3.01. The molecular formula is C47H46F2N8O6. The van der Waals surface area contributed by atoms with Crippen LogP contribution < -0.4 is 15.5 Å². The fourth-order valence-corrected chi connectivity index (χ4v) is 9.10. The molecule has 4 unspecified atom stereocenters. The number of aryl methyl sites for hydroxylation is 1. The molecule has 3 aliphatic heterocycles. The fourth-order valence-electron chi connectivity index (χ4n) is 9.10. The lowest BCUT2D eigenvalue weighted by molar-refractivity contribution is -0.136. The van der Waals surface area contributed by atoms with E-state index in [0.29, 0.717) is 30.8 Å². The average molecular weight is 857 g/mol. The Morgan fingerprint density at radius 3 is 2.08 bits per heavy atom. The number of carbonyl (C=O) groups is 4. The molecule has 0 radical (unpaired) electrons. The summed E-state index contributed by atoms with van der Waals surface area (Å²) in [6, 6.07) is 23.2. The van der Waals surface area contributed by atoms with Crippen molar-refractivity contribution in [3.05, 3.63) is 114 Å². The van der Waals surface area contributed by atoms with Crippen molar-refractivity contribution in [1.29, 1.82) is 0 Å². The summed E-state index contributed by atoms with van der Waals surface area (Å²) in [7, 11) is 2.46. The van der Waals surface area contributed by atoms with Crippen LogP contribution in [0.2, 0.25) is 0 Å². The number of imidazole rings is 2. The molecule has 5 heterocycles. The molecule has 1 fully saturated rings. The first kappa shape index (κ1) is 41.3. The molecule has 16 heteroatoms. The first-order valence-electron chi connectivity index (χ1n) is 20.9. The number of halogens is 2. The topological polar surface area (TPSA) is 175 Å². The van der Waals surface area contributed by atoms with Crippen molar-refractivity contribution in [3.63, 3.8) is 0 Å². The second-order valence-electron chi connectivity index (χ2n) is 16.7. The predicted octanol–water partition coefficient (Wildman–Crippen LogP) is 7.88. The third-order valence-corrected chi connectivity index (χ3v) is 12.3. The number of hydrogen-bond donors (Lipinski definition) is 4. The molecule has 14 nitrogen and oxygen atoms in total. The summed E-state index contributed by atoms with van der Waals surface area (Å²) in [5, 5.41) is 7.17. The van der Waals surface area contributed by atoms with E-state index in [-0.39, 0.29) is 23.7 Å². The molecule has 1 saturated heterocycles. The molecule has 324 valence electrons. The summed E-state index contributed by atoms with van der Waals surface area (Å²) < 4.78 is 39.2. The molecule has 63 heavy (non-hydrogen) atoms. The maximum absolute atomic E-state index is 14.9. The number of rotatable bonds is 9. The number of alkyl halides is 2. The highest BCUT2D eigenvalue weighted by Gasteiger charge is 2.50. The minimum atomic E-state index is -3.13. The summed E-state index contributed by atoms with van der Waals surface area (Å²) >= 11 is 0. The first-order chi connectivity index (χ1) is 30.3. The number of nitrogens with zero attached hydrogens (tertiary/aromatic N) is 4. The maximum Gasteiger partial charge on any atom is 0.407 e. The number of hydrogen-bond acceptors (Lipinski definition) is 8. The van der Waals surface area contributed by atoms with E-state index in [0.717, 1.165) is 60.4 Å². The lowest BCUT2D eigenvalue weighted by Crippen LogP contribution is -2.51. The number of anilines is 1. The SMILES string of the molecule is COC(=O)NC1CCc2cccc3c2N(C1=O)C(c1ncc(-c2ccc(-c4ccc5cc(-c6cnc(C7CC(F)(F)CN7C(=O)C(NC(=O)OC)C(C)C)[nH]6)ccc5c4)cc2)[nH]1)C3. The van der Waals surface area contributed by atoms with Crippen molar-refractivity contribution in [2.45, 2.75) is 69.6 Å². The van der Waals surface area contributed by atoms with Gasteiger partial charge in [0.2, 0.25) is 11.8 Å². The Labute approximate surface area is 361 Å². The summed E-state index contributed by atoms with van der Waals surface area (Å²) in [6.45, 7) is 2.65. The van der Waals surface area contributed by atoms with Crippen molar-refractivity contribution in [1.82, 2.24) is 35.5 Å². The number of fused-ring (bicyclic) bond motifs is 1. The van der Waals surface area contributed by atoms with E-state index in [2.05, 4.69) is 36.4 Å². The predicted molar refractivity (Wildman–Crippen MR) is 231 cm³/mol. The van der Waals surface area contributed by atoms with Gasteiger partial charge in [-0.1, -0.05) is 80.6 Å². The zero-order valence-corrected chi connectivity index (χ0v) is 35.1. The van der Waals surface area contributed by atoms with Gasteiger partial charge in [-0.05, 0) is 69.5 Å². The van der Waals surface area contributed by atoms with Crippen LogP contribution in [0.5, 0.6) is 0 Å². The van der Waals surface area contributed by atoms with Crippen molar-refractivity contribution in [2.24, 2.45) is 5.92 Å². The second kappa shape index (κ2) is 16.3. The minimum absolute atomic E-state index is 0.193. The van der Waals surface area contributed by atoms with E-state index in [1.165, 1.54) is 14.2 Å². The number of alkyl carbamates (subject to hydrolysis) is 2.